The first kappa shape index (κ1) is 11.2. The van der Waals surface area contributed by atoms with Gasteiger partial charge in [0.05, 0.1) is 12.2 Å². The third-order valence-electron chi connectivity index (χ3n) is 2.27. The summed E-state index contributed by atoms with van der Waals surface area (Å²) in [6, 6.07) is 0. The molecule has 78 valence electrons. The highest BCUT2D eigenvalue weighted by atomic mass is 28.4. The molecule has 1 fully saturated rings. The predicted molar refractivity (Wildman–Crippen MR) is 54.1 cm³/mol. The second-order valence-corrected chi connectivity index (χ2v) is 9.22. The minimum atomic E-state index is -1.59. The van der Waals surface area contributed by atoms with Gasteiger partial charge in [0.2, 0.25) is 0 Å². The minimum absolute atomic E-state index is 0.143. The molecule has 0 bridgehead atoms. The standard InChI is InChI=1S/C9H20O3Si/c1-13(2,3)12-8-6-4-5-7(10)9(8)11/h7-11H,4-6H2,1-3H3/t7-,8-,9-/m0/s1. The molecule has 1 saturated carbocycles. The molecule has 0 unspecified atom stereocenters. The molecule has 1 rings (SSSR count). The summed E-state index contributed by atoms with van der Waals surface area (Å²) in [7, 11) is -1.59. The molecule has 1 aliphatic rings. The van der Waals surface area contributed by atoms with E-state index in [4.69, 9.17) is 4.43 Å². The van der Waals surface area contributed by atoms with Gasteiger partial charge in [0.1, 0.15) is 6.10 Å². The molecule has 0 radical (unpaired) electrons. The molecule has 0 aliphatic heterocycles. The van der Waals surface area contributed by atoms with Crippen LogP contribution in [0.1, 0.15) is 19.3 Å². The zero-order valence-corrected chi connectivity index (χ0v) is 9.66. The summed E-state index contributed by atoms with van der Waals surface area (Å²) in [5.74, 6) is 0. The van der Waals surface area contributed by atoms with E-state index in [-0.39, 0.29) is 6.10 Å². The van der Waals surface area contributed by atoms with E-state index in [1.165, 1.54) is 0 Å². The number of hydrogen-bond donors (Lipinski definition) is 2. The highest BCUT2D eigenvalue weighted by Crippen LogP contribution is 2.24. The smallest absolute Gasteiger partial charge is 0.184 e. The number of hydrogen-bond acceptors (Lipinski definition) is 3. The molecule has 4 heteroatoms. The molecule has 0 aromatic carbocycles. The Balaban J connectivity index is 2.49. The highest BCUT2D eigenvalue weighted by molar-refractivity contribution is 6.69. The Morgan fingerprint density at radius 2 is 1.77 bits per heavy atom. The third-order valence-corrected chi connectivity index (χ3v) is 3.28. The van der Waals surface area contributed by atoms with Crippen LogP contribution in [0.5, 0.6) is 0 Å². The number of aliphatic hydroxyl groups excluding tert-OH is 2. The largest absolute Gasteiger partial charge is 0.412 e. The van der Waals surface area contributed by atoms with E-state index < -0.39 is 20.5 Å². The lowest BCUT2D eigenvalue weighted by Crippen LogP contribution is -2.47. The first-order chi connectivity index (χ1) is 5.90. The van der Waals surface area contributed by atoms with Gasteiger partial charge in [0.15, 0.2) is 8.32 Å². The van der Waals surface area contributed by atoms with Gasteiger partial charge in [-0.3, -0.25) is 0 Å². The van der Waals surface area contributed by atoms with Gasteiger partial charge in [0, 0.05) is 0 Å². The van der Waals surface area contributed by atoms with Crippen molar-refractivity contribution in [2.45, 2.75) is 57.2 Å². The molecule has 2 N–H and O–H groups in total. The molecule has 13 heavy (non-hydrogen) atoms. The van der Waals surface area contributed by atoms with Gasteiger partial charge < -0.3 is 14.6 Å². The molecule has 0 amide bonds. The Morgan fingerprint density at radius 3 is 2.31 bits per heavy atom. The molecule has 0 aromatic heterocycles. The van der Waals surface area contributed by atoms with Crippen LogP contribution in [-0.4, -0.2) is 36.8 Å². The van der Waals surface area contributed by atoms with Crippen molar-refractivity contribution in [3.05, 3.63) is 0 Å². The Hall–Kier alpha value is 0.0969. The maximum absolute atomic E-state index is 9.65. The molecule has 0 heterocycles. The van der Waals surface area contributed by atoms with Crippen molar-refractivity contribution in [3.8, 4) is 0 Å². The van der Waals surface area contributed by atoms with Crippen molar-refractivity contribution in [2.75, 3.05) is 0 Å². The van der Waals surface area contributed by atoms with Crippen molar-refractivity contribution in [3.63, 3.8) is 0 Å². The molecular weight excluding hydrogens is 184 g/mol. The van der Waals surface area contributed by atoms with Crippen molar-refractivity contribution in [1.29, 1.82) is 0 Å². The Bertz CT molecular complexity index is 167. The SMILES string of the molecule is C[Si](C)(C)O[C@H]1CCC[C@H](O)[C@@H]1O. The molecule has 3 atom stereocenters. The Kier molecular flexibility index (Phi) is 3.51. The van der Waals surface area contributed by atoms with Gasteiger partial charge in [-0.25, -0.2) is 0 Å². The lowest BCUT2D eigenvalue weighted by atomic mass is 9.92. The summed E-state index contributed by atoms with van der Waals surface area (Å²) in [5.41, 5.74) is 0. The second-order valence-electron chi connectivity index (χ2n) is 4.76. The number of rotatable bonds is 2. The van der Waals surface area contributed by atoms with Crippen LogP contribution in [0.2, 0.25) is 19.6 Å². The lowest BCUT2D eigenvalue weighted by molar-refractivity contribution is -0.0773. The van der Waals surface area contributed by atoms with Crippen molar-refractivity contribution in [2.24, 2.45) is 0 Å². The third kappa shape index (κ3) is 3.38. The van der Waals surface area contributed by atoms with Crippen molar-refractivity contribution >= 4 is 8.32 Å². The van der Waals surface area contributed by atoms with E-state index in [2.05, 4.69) is 19.6 Å². The van der Waals surface area contributed by atoms with Crippen molar-refractivity contribution in [1.82, 2.24) is 0 Å². The maximum Gasteiger partial charge on any atom is 0.184 e. The predicted octanol–water partition coefficient (Wildman–Crippen LogP) is 1.11. The molecule has 1 aliphatic carbocycles. The van der Waals surface area contributed by atoms with Crippen LogP contribution < -0.4 is 0 Å². The van der Waals surface area contributed by atoms with Crippen LogP contribution in [0.15, 0.2) is 0 Å². The van der Waals surface area contributed by atoms with Gasteiger partial charge in [0.25, 0.3) is 0 Å². The summed E-state index contributed by atoms with van der Waals surface area (Å²) in [6.07, 6.45) is 1.12. The molecule has 0 saturated heterocycles. The molecule has 0 spiro atoms. The first-order valence-electron chi connectivity index (χ1n) is 4.94. The zero-order chi connectivity index (χ0) is 10.1. The average Bonchev–Trinajstić information content (AvgIpc) is 1.96. The average molecular weight is 204 g/mol. The minimum Gasteiger partial charge on any atom is -0.412 e. The molecule has 3 nitrogen and oxygen atoms in total. The first-order valence-corrected chi connectivity index (χ1v) is 8.35. The van der Waals surface area contributed by atoms with Gasteiger partial charge in [-0.05, 0) is 38.9 Å². The van der Waals surface area contributed by atoms with Crippen LogP contribution in [0.4, 0.5) is 0 Å². The molecule has 0 aromatic rings. The van der Waals surface area contributed by atoms with E-state index in [1.54, 1.807) is 0 Å². The summed E-state index contributed by atoms with van der Waals surface area (Å²) < 4.78 is 5.79. The topological polar surface area (TPSA) is 49.7 Å². The van der Waals surface area contributed by atoms with Crippen molar-refractivity contribution < 1.29 is 14.6 Å². The van der Waals surface area contributed by atoms with Crippen LogP contribution in [-0.2, 0) is 4.43 Å². The lowest BCUT2D eigenvalue weighted by Gasteiger charge is -2.35. The quantitative estimate of drug-likeness (QED) is 0.663. The van der Waals surface area contributed by atoms with E-state index in [0.29, 0.717) is 6.42 Å². The summed E-state index contributed by atoms with van der Waals surface area (Å²) >= 11 is 0. The fourth-order valence-electron chi connectivity index (χ4n) is 1.70. The van der Waals surface area contributed by atoms with Crippen LogP contribution in [0.3, 0.4) is 0 Å². The normalized spacial score (nSPS) is 36.2. The van der Waals surface area contributed by atoms with Gasteiger partial charge >= 0.3 is 0 Å². The van der Waals surface area contributed by atoms with Gasteiger partial charge in [-0.2, -0.15) is 0 Å². The monoisotopic (exact) mass is 204 g/mol. The summed E-state index contributed by atoms with van der Waals surface area (Å²) in [5, 5.41) is 19.1. The maximum atomic E-state index is 9.65. The van der Waals surface area contributed by atoms with Crippen LogP contribution >= 0.6 is 0 Å². The van der Waals surface area contributed by atoms with E-state index in [0.717, 1.165) is 12.8 Å². The van der Waals surface area contributed by atoms with E-state index >= 15 is 0 Å². The van der Waals surface area contributed by atoms with Crippen LogP contribution in [0.25, 0.3) is 0 Å². The fourth-order valence-corrected chi connectivity index (χ4v) is 2.87. The second kappa shape index (κ2) is 4.08. The number of aliphatic hydroxyl groups is 2. The van der Waals surface area contributed by atoms with Gasteiger partial charge in [-0.1, -0.05) is 0 Å². The Labute approximate surface area is 80.9 Å². The fraction of sp³-hybridized carbons (Fsp3) is 1.00. The van der Waals surface area contributed by atoms with E-state index in [1.807, 2.05) is 0 Å². The van der Waals surface area contributed by atoms with Gasteiger partial charge in [-0.15, -0.1) is 0 Å². The van der Waals surface area contributed by atoms with Crippen LogP contribution in [0, 0.1) is 0 Å². The summed E-state index contributed by atoms with van der Waals surface area (Å²) in [6.45, 7) is 6.29. The van der Waals surface area contributed by atoms with E-state index in [9.17, 15) is 10.2 Å². The summed E-state index contributed by atoms with van der Waals surface area (Å²) in [4.78, 5) is 0. The molecular formula is C9H20O3Si. The highest BCUT2D eigenvalue weighted by Gasteiger charge is 2.33. The zero-order valence-electron chi connectivity index (χ0n) is 8.66. The Morgan fingerprint density at radius 1 is 1.15 bits per heavy atom.